The van der Waals surface area contributed by atoms with Crippen molar-refractivity contribution in [2.45, 2.75) is 6.42 Å². The van der Waals surface area contributed by atoms with Gasteiger partial charge in [0.2, 0.25) is 5.91 Å². The zero-order valence-corrected chi connectivity index (χ0v) is 20.1. The minimum absolute atomic E-state index is 0.134. The average Bonchev–Trinajstić information content (AvgIpc) is 3.26. The first kappa shape index (κ1) is 26.7. The van der Waals surface area contributed by atoms with Crippen molar-refractivity contribution in [3.63, 3.8) is 0 Å². The Morgan fingerprint density at radius 1 is 1.05 bits per heavy atom. The average molecular weight is 516 g/mol. The number of rotatable bonds is 10. The van der Waals surface area contributed by atoms with E-state index in [-0.39, 0.29) is 35.7 Å². The van der Waals surface area contributed by atoms with Crippen LogP contribution in [0.25, 0.3) is 0 Å². The molecule has 3 amide bonds. The molecule has 2 aromatic rings. The van der Waals surface area contributed by atoms with Crippen molar-refractivity contribution >= 4 is 35.1 Å². The number of amides is 3. The summed E-state index contributed by atoms with van der Waals surface area (Å²) in [6.45, 7) is -0.907. The van der Waals surface area contributed by atoms with E-state index in [0.29, 0.717) is 11.5 Å². The summed E-state index contributed by atoms with van der Waals surface area (Å²) in [4.78, 5) is 60.1. The smallest absolute Gasteiger partial charge is 0.311 e. The molecule has 1 fully saturated rings. The lowest BCUT2D eigenvalue weighted by atomic mass is 10.1. The van der Waals surface area contributed by atoms with Crippen LogP contribution in [0.2, 0.25) is 0 Å². The largest absolute Gasteiger partial charge is 0.497 e. The van der Waals surface area contributed by atoms with Gasteiger partial charge in [0.25, 0.3) is 17.5 Å². The second kappa shape index (κ2) is 11.7. The molecule has 14 nitrogen and oxygen atoms in total. The number of benzene rings is 2. The third-order valence-electron chi connectivity index (χ3n) is 5.36. The number of anilines is 1. The minimum atomic E-state index is -0.933. The van der Waals surface area contributed by atoms with Gasteiger partial charge in [0.1, 0.15) is 11.4 Å². The molecule has 37 heavy (non-hydrogen) atoms. The minimum Gasteiger partial charge on any atom is -0.497 e. The molecule has 3 rings (SSSR count). The van der Waals surface area contributed by atoms with Crippen molar-refractivity contribution in [3.05, 3.63) is 52.1 Å². The van der Waals surface area contributed by atoms with Gasteiger partial charge in [-0.1, -0.05) is 0 Å². The Morgan fingerprint density at radius 2 is 1.78 bits per heavy atom. The summed E-state index contributed by atoms with van der Waals surface area (Å²) in [5, 5.41) is 14.5. The van der Waals surface area contributed by atoms with Gasteiger partial charge in [-0.05, 0) is 24.3 Å². The SMILES string of the molecule is COc1ccc([N+](=O)[O-])c(NC(=O)COC(=O)[C@H]2CC(=O)N(NC(=O)c3ccc(OC)c(OC)c3)C2)c1. The number of ether oxygens (including phenoxy) is 4. The molecule has 2 N–H and O–H groups in total. The van der Waals surface area contributed by atoms with Gasteiger partial charge in [-0.3, -0.25) is 39.7 Å². The maximum atomic E-state index is 12.6. The summed E-state index contributed by atoms with van der Waals surface area (Å²) in [7, 11) is 4.22. The third-order valence-corrected chi connectivity index (χ3v) is 5.36. The molecule has 0 spiro atoms. The van der Waals surface area contributed by atoms with E-state index in [2.05, 4.69) is 10.7 Å². The number of methoxy groups -OCH3 is 3. The van der Waals surface area contributed by atoms with Gasteiger partial charge in [0, 0.05) is 24.1 Å². The highest BCUT2D eigenvalue weighted by Gasteiger charge is 2.37. The predicted molar refractivity (Wildman–Crippen MR) is 126 cm³/mol. The standard InChI is InChI=1S/C23H24N4O10/c1-34-15-5-6-17(27(32)33)16(10-15)24-20(28)12-37-23(31)14-9-21(29)26(11-14)25-22(30)13-4-7-18(35-2)19(8-13)36-3/h4-8,10,14H,9,11-12H2,1-3H3,(H,24,28)(H,25,30)/t14-/m0/s1. The number of nitro groups is 1. The Balaban J connectivity index is 1.55. The van der Waals surface area contributed by atoms with Gasteiger partial charge in [-0.25, -0.2) is 0 Å². The number of nitrogens with zero attached hydrogens (tertiary/aromatic N) is 2. The van der Waals surface area contributed by atoms with Crippen LogP contribution in [0.3, 0.4) is 0 Å². The topological polar surface area (TPSA) is 176 Å². The molecule has 1 heterocycles. The second-order valence-electron chi connectivity index (χ2n) is 7.71. The van der Waals surface area contributed by atoms with Gasteiger partial charge in [0.05, 0.1) is 38.7 Å². The summed E-state index contributed by atoms with van der Waals surface area (Å²) < 4.78 is 20.3. The first-order chi connectivity index (χ1) is 17.7. The van der Waals surface area contributed by atoms with Gasteiger partial charge in [-0.2, -0.15) is 0 Å². The fraction of sp³-hybridized carbons (Fsp3) is 0.304. The summed E-state index contributed by atoms with van der Waals surface area (Å²) >= 11 is 0. The van der Waals surface area contributed by atoms with E-state index in [1.807, 2.05) is 0 Å². The van der Waals surface area contributed by atoms with Crippen molar-refractivity contribution < 1.29 is 43.0 Å². The maximum absolute atomic E-state index is 12.6. The lowest BCUT2D eigenvalue weighted by molar-refractivity contribution is -0.383. The van der Waals surface area contributed by atoms with Crippen LogP contribution < -0.4 is 25.0 Å². The highest BCUT2D eigenvalue weighted by molar-refractivity contribution is 5.98. The predicted octanol–water partition coefficient (Wildman–Crippen LogP) is 1.30. The first-order valence-electron chi connectivity index (χ1n) is 10.8. The van der Waals surface area contributed by atoms with Crippen LogP contribution in [0.1, 0.15) is 16.8 Å². The van der Waals surface area contributed by atoms with E-state index in [1.165, 1.54) is 51.7 Å². The van der Waals surface area contributed by atoms with Gasteiger partial charge < -0.3 is 24.3 Å². The van der Waals surface area contributed by atoms with Crippen molar-refractivity contribution in [2.24, 2.45) is 5.92 Å². The fourth-order valence-corrected chi connectivity index (χ4v) is 3.48. The molecule has 1 atom stereocenters. The van der Waals surface area contributed by atoms with Gasteiger partial charge >= 0.3 is 5.97 Å². The molecule has 1 aliphatic rings. The number of esters is 1. The number of nitro benzene ring substituents is 1. The van der Waals surface area contributed by atoms with Crippen LogP contribution in [-0.4, -0.2) is 68.1 Å². The van der Waals surface area contributed by atoms with E-state index >= 15 is 0 Å². The molecule has 0 unspecified atom stereocenters. The Hall–Kier alpha value is -4.88. The summed E-state index contributed by atoms with van der Waals surface area (Å²) in [5.41, 5.74) is 2.12. The number of hydrogen-bond acceptors (Lipinski definition) is 10. The van der Waals surface area contributed by atoms with E-state index in [1.54, 1.807) is 0 Å². The van der Waals surface area contributed by atoms with Crippen LogP contribution in [-0.2, 0) is 19.1 Å². The fourth-order valence-electron chi connectivity index (χ4n) is 3.48. The molecule has 14 heteroatoms. The molecule has 1 aliphatic heterocycles. The summed E-state index contributed by atoms with van der Waals surface area (Å²) in [5.74, 6) is -2.71. The molecular formula is C23H24N4O10. The zero-order valence-electron chi connectivity index (χ0n) is 20.1. The molecule has 196 valence electrons. The quantitative estimate of drug-likeness (QED) is 0.266. The zero-order chi connectivity index (χ0) is 27.1. The monoisotopic (exact) mass is 516 g/mol. The molecule has 1 saturated heterocycles. The molecule has 0 bridgehead atoms. The van der Waals surface area contributed by atoms with Gasteiger partial charge in [0.15, 0.2) is 18.1 Å². The highest BCUT2D eigenvalue weighted by atomic mass is 16.6. The molecule has 0 aromatic heterocycles. The van der Waals surface area contributed by atoms with E-state index in [9.17, 15) is 29.3 Å². The molecular weight excluding hydrogens is 492 g/mol. The van der Waals surface area contributed by atoms with Crippen LogP contribution in [0.15, 0.2) is 36.4 Å². The summed E-state index contributed by atoms with van der Waals surface area (Å²) in [6.07, 6.45) is -0.242. The highest BCUT2D eigenvalue weighted by Crippen LogP contribution is 2.29. The Kier molecular flexibility index (Phi) is 8.45. The number of hydrogen-bond donors (Lipinski definition) is 2. The third kappa shape index (κ3) is 6.42. The number of carbonyl (C=O) groups is 4. The Morgan fingerprint density at radius 3 is 2.43 bits per heavy atom. The summed E-state index contributed by atoms with van der Waals surface area (Å²) in [6, 6.07) is 8.23. The van der Waals surface area contributed by atoms with E-state index < -0.39 is 41.1 Å². The van der Waals surface area contributed by atoms with Crippen molar-refractivity contribution in [1.29, 1.82) is 0 Å². The number of nitrogens with one attached hydrogen (secondary N) is 2. The number of hydrazine groups is 1. The van der Waals surface area contributed by atoms with Crippen LogP contribution in [0.4, 0.5) is 11.4 Å². The lowest BCUT2D eigenvalue weighted by Crippen LogP contribution is -2.43. The van der Waals surface area contributed by atoms with Crippen molar-refractivity contribution in [3.8, 4) is 17.2 Å². The molecule has 0 saturated carbocycles. The molecule has 0 aliphatic carbocycles. The van der Waals surface area contributed by atoms with E-state index in [4.69, 9.17) is 18.9 Å². The van der Waals surface area contributed by atoms with Crippen LogP contribution in [0.5, 0.6) is 17.2 Å². The lowest BCUT2D eigenvalue weighted by Gasteiger charge is -2.18. The van der Waals surface area contributed by atoms with Crippen LogP contribution >= 0.6 is 0 Å². The van der Waals surface area contributed by atoms with E-state index in [0.717, 1.165) is 11.1 Å². The van der Waals surface area contributed by atoms with Crippen LogP contribution in [0, 0.1) is 16.0 Å². The normalized spacial score (nSPS) is 14.5. The molecule has 2 aromatic carbocycles. The van der Waals surface area contributed by atoms with Gasteiger partial charge in [-0.15, -0.1) is 0 Å². The molecule has 0 radical (unpaired) electrons. The van der Waals surface area contributed by atoms with Crippen molar-refractivity contribution in [2.75, 3.05) is 39.8 Å². The Labute approximate surface area is 210 Å². The van der Waals surface area contributed by atoms with Crippen molar-refractivity contribution in [1.82, 2.24) is 10.4 Å². The maximum Gasteiger partial charge on any atom is 0.311 e. The number of carbonyl (C=O) groups excluding carboxylic acids is 4. The second-order valence-corrected chi connectivity index (χ2v) is 7.71. The first-order valence-corrected chi connectivity index (χ1v) is 10.8. The Bertz CT molecular complexity index is 1230.